The van der Waals surface area contributed by atoms with E-state index >= 15 is 0 Å². The Hall–Kier alpha value is -0.570. The molecule has 1 saturated heterocycles. The number of ether oxygens (including phenoxy) is 1. The lowest BCUT2D eigenvalue weighted by Gasteiger charge is -2.35. The van der Waals surface area contributed by atoms with E-state index in [4.69, 9.17) is 4.74 Å². The highest BCUT2D eigenvalue weighted by Gasteiger charge is 2.43. The van der Waals surface area contributed by atoms with Crippen molar-refractivity contribution < 1.29 is 14.6 Å². The summed E-state index contributed by atoms with van der Waals surface area (Å²) in [5.41, 5.74) is -0.840. The van der Waals surface area contributed by atoms with Crippen LogP contribution in [0.3, 0.4) is 0 Å². The Morgan fingerprint density at radius 1 is 1.27 bits per heavy atom. The van der Waals surface area contributed by atoms with Gasteiger partial charge >= 0.3 is 5.97 Å². The minimum absolute atomic E-state index is 0.583. The van der Waals surface area contributed by atoms with Gasteiger partial charge in [-0.2, -0.15) is 0 Å². The number of rotatable bonds is 3. The van der Waals surface area contributed by atoms with Gasteiger partial charge in [-0.15, -0.1) is 0 Å². The summed E-state index contributed by atoms with van der Waals surface area (Å²) in [6.45, 7) is 0.624. The van der Waals surface area contributed by atoms with Crippen LogP contribution in [0.15, 0.2) is 0 Å². The van der Waals surface area contributed by atoms with Gasteiger partial charge in [0.25, 0.3) is 0 Å². The number of hydrogen-bond donors (Lipinski definition) is 1. The third-order valence-corrected chi connectivity index (χ3v) is 3.84. The van der Waals surface area contributed by atoms with Gasteiger partial charge < -0.3 is 9.84 Å². The van der Waals surface area contributed by atoms with E-state index in [1.165, 1.54) is 25.7 Å². The lowest BCUT2D eigenvalue weighted by Crippen LogP contribution is -2.45. The Balaban J connectivity index is 2.00. The average molecular weight is 212 g/mol. The molecule has 1 unspecified atom stereocenters. The topological polar surface area (TPSA) is 46.5 Å². The lowest BCUT2D eigenvalue weighted by atomic mass is 9.84. The molecule has 0 aromatic heterocycles. The van der Waals surface area contributed by atoms with Crippen molar-refractivity contribution in [3.05, 3.63) is 0 Å². The molecular weight excluding hydrogens is 192 g/mol. The maximum absolute atomic E-state index is 11.3. The summed E-state index contributed by atoms with van der Waals surface area (Å²) in [6.07, 6.45) is 8.37. The number of hydrogen-bond acceptors (Lipinski definition) is 2. The van der Waals surface area contributed by atoms with Gasteiger partial charge in [0.05, 0.1) is 0 Å². The van der Waals surface area contributed by atoms with E-state index in [0.29, 0.717) is 18.9 Å². The molecule has 1 aliphatic heterocycles. The summed E-state index contributed by atoms with van der Waals surface area (Å²) in [7, 11) is 0. The first-order valence-electron chi connectivity index (χ1n) is 6.10. The van der Waals surface area contributed by atoms with Crippen LogP contribution in [0, 0.1) is 5.92 Å². The second kappa shape index (κ2) is 4.52. The molecular formula is C12H20O3. The van der Waals surface area contributed by atoms with E-state index in [2.05, 4.69) is 0 Å². The quantitative estimate of drug-likeness (QED) is 0.782. The fourth-order valence-electron chi connectivity index (χ4n) is 2.95. The van der Waals surface area contributed by atoms with E-state index in [9.17, 15) is 9.90 Å². The smallest absolute Gasteiger partial charge is 0.335 e. The van der Waals surface area contributed by atoms with E-state index < -0.39 is 11.6 Å². The molecule has 2 rings (SSSR count). The first-order chi connectivity index (χ1) is 7.23. The van der Waals surface area contributed by atoms with Crippen LogP contribution in [0.2, 0.25) is 0 Å². The Morgan fingerprint density at radius 3 is 2.53 bits per heavy atom. The SMILES string of the molecule is O=C(O)C1(CC2CCCC2)CCCCO1. The average Bonchev–Trinajstić information content (AvgIpc) is 2.71. The van der Waals surface area contributed by atoms with Crippen LogP contribution in [0.5, 0.6) is 0 Å². The summed E-state index contributed by atoms with van der Waals surface area (Å²) in [5, 5.41) is 9.32. The highest BCUT2D eigenvalue weighted by Crippen LogP contribution is 2.37. The van der Waals surface area contributed by atoms with E-state index in [1.54, 1.807) is 0 Å². The van der Waals surface area contributed by atoms with Gasteiger partial charge in [0.1, 0.15) is 0 Å². The predicted molar refractivity (Wildman–Crippen MR) is 56.7 cm³/mol. The molecule has 1 atom stereocenters. The van der Waals surface area contributed by atoms with Crippen LogP contribution in [0.4, 0.5) is 0 Å². The lowest BCUT2D eigenvalue weighted by molar-refractivity contribution is -0.175. The molecule has 0 aromatic rings. The van der Waals surface area contributed by atoms with Gasteiger partial charge in [-0.1, -0.05) is 25.7 Å². The molecule has 15 heavy (non-hydrogen) atoms. The highest BCUT2D eigenvalue weighted by molar-refractivity contribution is 5.77. The molecule has 1 aliphatic carbocycles. The second-order valence-electron chi connectivity index (χ2n) is 4.96. The normalized spacial score (nSPS) is 33.1. The van der Waals surface area contributed by atoms with Crippen LogP contribution < -0.4 is 0 Å². The summed E-state index contributed by atoms with van der Waals surface area (Å²) in [5.74, 6) is -0.159. The zero-order valence-corrected chi connectivity index (χ0v) is 9.21. The molecule has 3 nitrogen and oxygen atoms in total. The first-order valence-corrected chi connectivity index (χ1v) is 6.10. The largest absolute Gasteiger partial charge is 0.479 e. The molecule has 2 aliphatic rings. The maximum Gasteiger partial charge on any atom is 0.335 e. The zero-order chi connectivity index (χ0) is 10.7. The van der Waals surface area contributed by atoms with Crippen molar-refractivity contribution in [3.8, 4) is 0 Å². The Kier molecular flexibility index (Phi) is 3.29. The van der Waals surface area contributed by atoms with E-state index in [1.807, 2.05) is 0 Å². The molecule has 0 spiro atoms. The Bertz CT molecular complexity index is 225. The van der Waals surface area contributed by atoms with Gasteiger partial charge in [-0.25, -0.2) is 4.79 Å². The van der Waals surface area contributed by atoms with Gasteiger partial charge in [0.15, 0.2) is 5.60 Å². The van der Waals surface area contributed by atoms with Crippen molar-refractivity contribution >= 4 is 5.97 Å². The molecule has 2 fully saturated rings. The Morgan fingerprint density at radius 2 is 2.00 bits per heavy atom. The second-order valence-corrected chi connectivity index (χ2v) is 4.96. The van der Waals surface area contributed by atoms with Crippen molar-refractivity contribution in [2.75, 3.05) is 6.61 Å². The molecule has 86 valence electrons. The van der Waals surface area contributed by atoms with Gasteiger partial charge in [-0.05, 0) is 31.6 Å². The fraction of sp³-hybridized carbons (Fsp3) is 0.917. The zero-order valence-electron chi connectivity index (χ0n) is 9.21. The van der Waals surface area contributed by atoms with Crippen LogP contribution >= 0.6 is 0 Å². The molecule has 0 amide bonds. The number of carboxylic acid groups (broad SMARTS) is 1. The molecule has 1 saturated carbocycles. The van der Waals surface area contributed by atoms with Crippen LogP contribution in [-0.4, -0.2) is 23.3 Å². The van der Waals surface area contributed by atoms with Crippen molar-refractivity contribution in [2.24, 2.45) is 5.92 Å². The van der Waals surface area contributed by atoms with Gasteiger partial charge in [0, 0.05) is 6.61 Å². The molecule has 1 heterocycles. The van der Waals surface area contributed by atoms with Gasteiger partial charge in [0.2, 0.25) is 0 Å². The summed E-state index contributed by atoms with van der Waals surface area (Å²) in [4.78, 5) is 11.3. The minimum atomic E-state index is -0.840. The third kappa shape index (κ3) is 2.33. The Labute approximate surface area is 90.8 Å². The number of aliphatic carboxylic acids is 1. The molecule has 3 heteroatoms. The first kappa shape index (κ1) is 10.9. The van der Waals surface area contributed by atoms with Gasteiger partial charge in [-0.3, -0.25) is 0 Å². The molecule has 0 radical (unpaired) electrons. The molecule has 0 aromatic carbocycles. The summed E-state index contributed by atoms with van der Waals surface area (Å²) in [6, 6.07) is 0. The summed E-state index contributed by atoms with van der Waals surface area (Å²) >= 11 is 0. The summed E-state index contributed by atoms with van der Waals surface area (Å²) < 4.78 is 5.59. The van der Waals surface area contributed by atoms with Crippen LogP contribution in [0.25, 0.3) is 0 Å². The monoisotopic (exact) mass is 212 g/mol. The van der Waals surface area contributed by atoms with E-state index in [0.717, 1.165) is 19.3 Å². The molecule has 0 bridgehead atoms. The minimum Gasteiger partial charge on any atom is -0.479 e. The fourth-order valence-corrected chi connectivity index (χ4v) is 2.95. The van der Waals surface area contributed by atoms with Crippen molar-refractivity contribution in [1.29, 1.82) is 0 Å². The van der Waals surface area contributed by atoms with E-state index in [-0.39, 0.29) is 0 Å². The van der Waals surface area contributed by atoms with Crippen molar-refractivity contribution in [3.63, 3.8) is 0 Å². The van der Waals surface area contributed by atoms with Crippen LogP contribution in [-0.2, 0) is 9.53 Å². The predicted octanol–water partition coefficient (Wildman–Crippen LogP) is 2.59. The van der Waals surface area contributed by atoms with Crippen LogP contribution in [0.1, 0.15) is 51.4 Å². The standard InChI is InChI=1S/C12H20O3/c13-11(14)12(7-3-4-8-15-12)9-10-5-1-2-6-10/h10H,1-9H2,(H,13,14). The number of carboxylic acids is 1. The van der Waals surface area contributed by atoms with Crippen molar-refractivity contribution in [1.82, 2.24) is 0 Å². The molecule has 1 N–H and O–H groups in total. The number of carbonyl (C=O) groups is 1. The third-order valence-electron chi connectivity index (χ3n) is 3.84. The van der Waals surface area contributed by atoms with Crippen molar-refractivity contribution in [2.45, 2.75) is 57.0 Å². The highest BCUT2D eigenvalue weighted by atomic mass is 16.5. The maximum atomic E-state index is 11.3.